The van der Waals surface area contributed by atoms with Gasteiger partial charge < -0.3 is 4.74 Å². The Morgan fingerprint density at radius 3 is 2.35 bits per heavy atom. The van der Waals surface area contributed by atoms with Crippen LogP contribution in [0.15, 0.2) is 18.2 Å². The summed E-state index contributed by atoms with van der Waals surface area (Å²) in [5.74, 6) is -2.58. The van der Waals surface area contributed by atoms with Crippen LogP contribution >= 0.6 is 0 Å². The monoisotopic (exact) mass is 307 g/mol. The molecular weight excluding hydrogens is 288 g/mol. The molecule has 1 rings (SSSR count). The van der Waals surface area contributed by atoms with Crippen LogP contribution in [0.5, 0.6) is 5.75 Å². The van der Waals surface area contributed by atoms with Crippen molar-refractivity contribution in [1.29, 1.82) is 0 Å². The first-order valence-corrected chi connectivity index (χ1v) is 8.02. The number of halogens is 2. The molecule has 0 saturated carbocycles. The molecule has 0 radical (unpaired) electrons. The van der Waals surface area contributed by atoms with Gasteiger partial charge in [-0.15, -0.1) is 0 Å². The number of ether oxygens (including phenoxy) is 1. The highest BCUT2D eigenvalue weighted by molar-refractivity contribution is 7.89. The van der Waals surface area contributed by atoms with Crippen molar-refractivity contribution in [2.75, 3.05) is 12.4 Å². The number of benzene rings is 1. The number of nitrogens with two attached hydrogens (primary N) is 1. The van der Waals surface area contributed by atoms with E-state index in [1.54, 1.807) is 13.8 Å². The molecule has 0 heterocycles. The van der Waals surface area contributed by atoms with Crippen molar-refractivity contribution in [1.82, 2.24) is 0 Å². The highest BCUT2D eigenvalue weighted by Crippen LogP contribution is 2.30. The standard InChI is InChI=1S/C13H19F2NO3S/c1-3-13(4-2,9-20(16,17)18)8-19-11-7-5-6-10(14)12(11)15/h5-7H,3-4,8-9H2,1-2H3,(H2,16,17,18). The Bertz CT molecular complexity index is 557. The number of hydrogen-bond donors (Lipinski definition) is 1. The molecule has 1 aromatic carbocycles. The van der Waals surface area contributed by atoms with E-state index in [-0.39, 0.29) is 18.1 Å². The van der Waals surface area contributed by atoms with E-state index < -0.39 is 27.1 Å². The molecule has 0 fully saturated rings. The third-order valence-electron chi connectivity index (χ3n) is 3.46. The minimum atomic E-state index is -3.68. The molecule has 20 heavy (non-hydrogen) atoms. The van der Waals surface area contributed by atoms with Gasteiger partial charge in [0.05, 0.1) is 12.4 Å². The average molecular weight is 307 g/mol. The fourth-order valence-corrected chi connectivity index (χ4v) is 3.30. The molecule has 0 saturated heterocycles. The molecule has 0 aliphatic rings. The summed E-state index contributed by atoms with van der Waals surface area (Å²) in [5.41, 5.74) is -0.716. The molecule has 0 atom stereocenters. The first-order valence-electron chi connectivity index (χ1n) is 6.30. The van der Waals surface area contributed by atoms with Gasteiger partial charge in [0.15, 0.2) is 11.6 Å². The maximum Gasteiger partial charge on any atom is 0.209 e. The Kier molecular flexibility index (Phi) is 5.47. The van der Waals surface area contributed by atoms with Crippen LogP contribution in [0.25, 0.3) is 0 Å². The van der Waals surface area contributed by atoms with Gasteiger partial charge in [-0.2, -0.15) is 4.39 Å². The van der Waals surface area contributed by atoms with Crippen molar-refractivity contribution in [3.8, 4) is 5.75 Å². The molecule has 4 nitrogen and oxygen atoms in total. The van der Waals surface area contributed by atoms with Gasteiger partial charge in [0.25, 0.3) is 0 Å². The van der Waals surface area contributed by atoms with Crippen molar-refractivity contribution in [3.63, 3.8) is 0 Å². The molecule has 7 heteroatoms. The van der Waals surface area contributed by atoms with Gasteiger partial charge in [0.1, 0.15) is 0 Å². The zero-order valence-corrected chi connectivity index (χ0v) is 12.3. The number of sulfonamides is 1. The lowest BCUT2D eigenvalue weighted by Crippen LogP contribution is -2.37. The quantitative estimate of drug-likeness (QED) is 0.841. The molecule has 0 aromatic heterocycles. The van der Waals surface area contributed by atoms with E-state index in [9.17, 15) is 17.2 Å². The Balaban J connectivity index is 2.90. The van der Waals surface area contributed by atoms with Crippen LogP contribution in [-0.2, 0) is 10.0 Å². The van der Waals surface area contributed by atoms with Crippen LogP contribution in [0.3, 0.4) is 0 Å². The molecular formula is C13H19F2NO3S. The van der Waals surface area contributed by atoms with E-state index >= 15 is 0 Å². The summed E-state index contributed by atoms with van der Waals surface area (Å²) in [4.78, 5) is 0. The summed E-state index contributed by atoms with van der Waals surface area (Å²) in [6, 6.07) is 3.61. The smallest absolute Gasteiger partial charge is 0.209 e. The zero-order chi connectivity index (χ0) is 15.4. The highest BCUT2D eigenvalue weighted by atomic mass is 32.2. The summed E-state index contributed by atoms with van der Waals surface area (Å²) in [7, 11) is -3.68. The third kappa shape index (κ3) is 4.42. The molecule has 0 spiro atoms. The molecule has 1 aromatic rings. The fraction of sp³-hybridized carbons (Fsp3) is 0.538. The van der Waals surface area contributed by atoms with Gasteiger partial charge in [0.2, 0.25) is 15.8 Å². The van der Waals surface area contributed by atoms with Crippen LogP contribution in [0.4, 0.5) is 8.78 Å². The lowest BCUT2D eigenvalue weighted by Gasteiger charge is -2.30. The molecule has 0 bridgehead atoms. The molecule has 0 aliphatic carbocycles. The predicted molar refractivity (Wildman–Crippen MR) is 72.8 cm³/mol. The Morgan fingerprint density at radius 2 is 1.85 bits per heavy atom. The normalized spacial score (nSPS) is 12.4. The summed E-state index contributed by atoms with van der Waals surface area (Å²) in [6.07, 6.45) is 0.994. The first-order chi connectivity index (χ1) is 9.23. The van der Waals surface area contributed by atoms with Gasteiger partial charge in [-0.1, -0.05) is 19.9 Å². The molecule has 2 N–H and O–H groups in total. The largest absolute Gasteiger partial charge is 0.490 e. The van der Waals surface area contributed by atoms with E-state index in [4.69, 9.17) is 9.88 Å². The van der Waals surface area contributed by atoms with E-state index in [2.05, 4.69) is 0 Å². The van der Waals surface area contributed by atoms with E-state index in [0.29, 0.717) is 12.8 Å². The number of rotatable bonds is 7. The minimum Gasteiger partial charge on any atom is -0.490 e. The average Bonchev–Trinajstić information content (AvgIpc) is 2.37. The second-order valence-corrected chi connectivity index (χ2v) is 6.47. The summed E-state index contributed by atoms with van der Waals surface area (Å²) >= 11 is 0. The zero-order valence-electron chi connectivity index (χ0n) is 11.5. The van der Waals surface area contributed by atoms with Crippen LogP contribution in [0, 0.1) is 17.0 Å². The van der Waals surface area contributed by atoms with E-state index in [1.165, 1.54) is 12.1 Å². The van der Waals surface area contributed by atoms with Crippen molar-refractivity contribution >= 4 is 10.0 Å². The maximum absolute atomic E-state index is 13.5. The predicted octanol–water partition coefficient (Wildman–Crippen LogP) is 2.44. The van der Waals surface area contributed by atoms with Crippen LogP contribution in [0.2, 0.25) is 0 Å². The second kappa shape index (κ2) is 6.49. The second-order valence-electron chi connectivity index (χ2n) is 4.85. The lowest BCUT2D eigenvalue weighted by atomic mass is 9.85. The fourth-order valence-electron chi connectivity index (χ4n) is 1.95. The first kappa shape index (κ1) is 16.8. The summed E-state index contributed by atoms with van der Waals surface area (Å²) < 4.78 is 54.4. The summed E-state index contributed by atoms with van der Waals surface area (Å²) in [5, 5.41) is 5.08. The van der Waals surface area contributed by atoms with Crippen LogP contribution in [-0.4, -0.2) is 20.8 Å². The molecule has 0 aliphatic heterocycles. The Morgan fingerprint density at radius 1 is 1.25 bits per heavy atom. The molecule has 114 valence electrons. The van der Waals surface area contributed by atoms with E-state index in [0.717, 1.165) is 6.07 Å². The molecule has 0 amide bonds. The number of hydrogen-bond acceptors (Lipinski definition) is 3. The van der Waals surface area contributed by atoms with Crippen molar-refractivity contribution in [3.05, 3.63) is 29.8 Å². The van der Waals surface area contributed by atoms with Gasteiger partial charge in [0, 0.05) is 5.41 Å². The highest BCUT2D eigenvalue weighted by Gasteiger charge is 2.32. The Hall–Kier alpha value is -1.21. The van der Waals surface area contributed by atoms with Crippen molar-refractivity contribution < 1.29 is 21.9 Å². The topological polar surface area (TPSA) is 69.4 Å². The molecule has 0 unspecified atom stereocenters. The van der Waals surface area contributed by atoms with Crippen molar-refractivity contribution in [2.24, 2.45) is 10.6 Å². The van der Waals surface area contributed by atoms with Crippen LogP contribution < -0.4 is 9.88 Å². The van der Waals surface area contributed by atoms with Crippen molar-refractivity contribution in [2.45, 2.75) is 26.7 Å². The van der Waals surface area contributed by atoms with E-state index in [1.807, 2.05) is 0 Å². The number of primary sulfonamides is 1. The van der Waals surface area contributed by atoms with Crippen LogP contribution in [0.1, 0.15) is 26.7 Å². The lowest BCUT2D eigenvalue weighted by molar-refractivity contribution is 0.149. The Labute approximate surface area is 118 Å². The third-order valence-corrected chi connectivity index (χ3v) is 4.47. The van der Waals surface area contributed by atoms with Gasteiger partial charge in [-0.3, -0.25) is 0 Å². The van der Waals surface area contributed by atoms with Gasteiger partial charge in [-0.25, -0.2) is 17.9 Å². The maximum atomic E-state index is 13.5. The summed E-state index contributed by atoms with van der Waals surface area (Å²) in [6.45, 7) is 3.57. The SMILES string of the molecule is CCC(CC)(COc1cccc(F)c1F)CS(N)(=O)=O. The van der Waals surface area contributed by atoms with Gasteiger partial charge >= 0.3 is 0 Å². The van der Waals surface area contributed by atoms with Gasteiger partial charge in [-0.05, 0) is 25.0 Å². The minimum absolute atomic E-state index is 0.0448.